The van der Waals surface area contributed by atoms with Crippen molar-refractivity contribution in [2.45, 2.75) is 51.0 Å². The molecule has 45 heavy (non-hydrogen) atoms. The Morgan fingerprint density at radius 1 is 0.822 bits per heavy atom. The van der Waals surface area contributed by atoms with Crippen LogP contribution in [-0.2, 0) is 22.6 Å². The van der Waals surface area contributed by atoms with Crippen LogP contribution >= 0.6 is 23.2 Å². The van der Waals surface area contributed by atoms with Gasteiger partial charge in [-0.1, -0.05) is 85.1 Å². The second-order valence-electron chi connectivity index (χ2n) is 11.4. The van der Waals surface area contributed by atoms with Gasteiger partial charge < -0.3 is 15.3 Å². The average molecular weight is 644 g/mol. The molecule has 0 fully saturated rings. The molecule has 4 aromatic carbocycles. The molecule has 2 amide bonds. The molecule has 1 aliphatic heterocycles. The summed E-state index contributed by atoms with van der Waals surface area (Å²) in [7, 11) is 0. The van der Waals surface area contributed by atoms with Crippen LogP contribution in [0.3, 0.4) is 0 Å². The minimum Gasteiger partial charge on any atom is -0.481 e. The number of aliphatic carboxylic acids is 1. The highest BCUT2D eigenvalue weighted by Crippen LogP contribution is 2.40. The van der Waals surface area contributed by atoms with Gasteiger partial charge in [0.25, 0.3) is 5.91 Å². The molecule has 8 heteroatoms. The lowest BCUT2D eigenvalue weighted by molar-refractivity contribution is -0.137. The minimum atomic E-state index is -0.967. The Balaban J connectivity index is 1.43. The smallest absolute Gasteiger partial charge is 0.305 e. The van der Waals surface area contributed by atoms with Crippen LogP contribution in [0.2, 0.25) is 10.0 Å². The van der Waals surface area contributed by atoms with E-state index in [-0.39, 0.29) is 30.7 Å². The SMILES string of the molecule is CCCC(c1ccc(C(=O)NCCC(=O)O)cc1)C(C(=O)N1CCc2ccc(-c3ccc(Cl)cc3)cc2C1)c1ccc(Cl)cc1. The van der Waals surface area contributed by atoms with Crippen molar-refractivity contribution in [3.8, 4) is 11.1 Å². The maximum Gasteiger partial charge on any atom is 0.305 e. The molecule has 2 atom stereocenters. The summed E-state index contributed by atoms with van der Waals surface area (Å²) < 4.78 is 0. The van der Waals surface area contributed by atoms with Crippen molar-refractivity contribution in [2.75, 3.05) is 13.1 Å². The van der Waals surface area contributed by atoms with Crippen LogP contribution in [0.15, 0.2) is 91.0 Å². The first-order valence-electron chi connectivity index (χ1n) is 15.3. The van der Waals surface area contributed by atoms with E-state index in [2.05, 4.69) is 30.4 Å². The molecule has 0 aliphatic carbocycles. The fourth-order valence-electron chi connectivity index (χ4n) is 6.08. The zero-order valence-corrected chi connectivity index (χ0v) is 26.7. The van der Waals surface area contributed by atoms with E-state index in [4.69, 9.17) is 28.3 Å². The molecule has 0 saturated heterocycles. The Bertz CT molecular complexity index is 1650. The normalized spacial score (nSPS) is 13.9. The molecule has 0 aromatic heterocycles. The number of hydrogen-bond donors (Lipinski definition) is 2. The number of halogens is 2. The van der Waals surface area contributed by atoms with Crippen molar-refractivity contribution in [3.63, 3.8) is 0 Å². The Kier molecular flexibility index (Phi) is 10.6. The van der Waals surface area contributed by atoms with Gasteiger partial charge in [0, 0.05) is 35.2 Å². The van der Waals surface area contributed by atoms with Crippen molar-refractivity contribution in [1.29, 1.82) is 0 Å². The van der Waals surface area contributed by atoms with Gasteiger partial charge in [-0.15, -0.1) is 0 Å². The molecule has 4 aromatic rings. The summed E-state index contributed by atoms with van der Waals surface area (Å²) in [5, 5.41) is 12.8. The van der Waals surface area contributed by atoms with Crippen LogP contribution in [0.4, 0.5) is 0 Å². The van der Waals surface area contributed by atoms with Crippen LogP contribution < -0.4 is 5.32 Å². The maximum absolute atomic E-state index is 14.6. The van der Waals surface area contributed by atoms with Gasteiger partial charge >= 0.3 is 5.97 Å². The standard InChI is InChI=1S/C37H36Cl2N2O4/c1-2-3-33(26-5-7-28(8-6-26)36(44)40-20-18-34(42)43)35(27-12-16-32(39)17-13-27)37(45)41-21-19-25-4-9-29(22-30(25)23-41)24-10-14-31(38)15-11-24/h4-17,22,33,35H,2-3,18-21,23H2,1H3,(H,40,44)(H,42,43). The lowest BCUT2D eigenvalue weighted by atomic mass is 9.77. The fraction of sp³-hybridized carbons (Fsp3) is 0.270. The van der Waals surface area contributed by atoms with E-state index in [1.807, 2.05) is 65.6 Å². The first-order valence-corrected chi connectivity index (χ1v) is 16.0. The molecular weight excluding hydrogens is 607 g/mol. The van der Waals surface area contributed by atoms with Gasteiger partial charge in [0.2, 0.25) is 5.91 Å². The number of fused-ring (bicyclic) bond motifs is 1. The minimum absolute atomic E-state index is 0.0572. The Morgan fingerprint density at radius 2 is 1.44 bits per heavy atom. The zero-order chi connectivity index (χ0) is 31.9. The summed E-state index contributed by atoms with van der Waals surface area (Å²) in [5.41, 5.74) is 6.87. The van der Waals surface area contributed by atoms with Gasteiger partial charge in [-0.05, 0) is 94.6 Å². The van der Waals surface area contributed by atoms with Gasteiger partial charge in [0.1, 0.15) is 0 Å². The van der Waals surface area contributed by atoms with E-state index in [0.29, 0.717) is 28.7 Å². The van der Waals surface area contributed by atoms with Crippen LogP contribution in [0.25, 0.3) is 11.1 Å². The summed E-state index contributed by atoms with van der Waals surface area (Å²) in [6.45, 7) is 3.32. The highest BCUT2D eigenvalue weighted by Gasteiger charge is 2.35. The number of amides is 2. The highest BCUT2D eigenvalue weighted by atomic mass is 35.5. The average Bonchev–Trinajstić information content (AvgIpc) is 3.05. The van der Waals surface area contributed by atoms with Crippen LogP contribution in [0.1, 0.15) is 70.6 Å². The van der Waals surface area contributed by atoms with Crippen molar-refractivity contribution < 1.29 is 19.5 Å². The molecular formula is C37H36Cl2N2O4. The summed E-state index contributed by atoms with van der Waals surface area (Å²) >= 11 is 12.4. The van der Waals surface area contributed by atoms with E-state index in [1.165, 1.54) is 5.56 Å². The molecule has 5 rings (SSSR count). The van der Waals surface area contributed by atoms with Crippen molar-refractivity contribution >= 4 is 41.0 Å². The zero-order valence-electron chi connectivity index (χ0n) is 25.1. The number of nitrogens with zero attached hydrogens (tertiary/aromatic N) is 1. The fourth-order valence-corrected chi connectivity index (χ4v) is 6.34. The molecule has 0 saturated carbocycles. The maximum atomic E-state index is 14.6. The molecule has 1 heterocycles. The largest absolute Gasteiger partial charge is 0.481 e. The summed E-state index contributed by atoms with van der Waals surface area (Å²) in [4.78, 5) is 40.0. The first kappa shape index (κ1) is 32.3. The molecule has 232 valence electrons. The van der Waals surface area contributed by atoms with E-state index in [1.54, 1.807) is 12.1 Å². The number of carboxylic acid groups (broad SMARTS) is 1. The predicted octanol–water partition coefficient (Wildman–Crippen LogP) is 8.12. The van der Waals surface area contributed by atoms with Gasteiger partial charge in [-0.25, -0.2) is 0 Å². The Morgan fingerprint density at radius 3 is 2.09 bits per heavy atom. The molecule has 0 bridgehead atoms. The highest BCUT2D eigenvalue weighted by molar-refractivity contribution is 6.30. The summed E-state index contributed by atoms with van der Waals surface area (Å²) in [6, 6.07) is 29.1. The predicted molar refractivity (Wildman–Crippen MR) is 179 cm³/mol. The van der Waals surface area contributed by atoms with Crippen molar-refractivity contribution in [2.24, 2.45) is 0 Å². The molecule has 2 unspecified atom stereocenters. The van der Waals surface area contributed by atoms with Gasteiger partial charge in [-0.3, -0.25) is 14.4 Å². The number of hydrogen-bond acceptors (Lipinski definition) is 3. The quantitative estimate of drug-likeness (QED) is 0.173. The molecule has 1 aliphatic rings. The molecule has 2 N–H and O–H groups in total. The van der Waals surface area contributed by atoms with Gasteiger partial charge in [0.05, 0.1) is 12.3 Å². The molecule has 0 radical (unpaired) electrons. The third-order valence-electron chi connectivity index (χ3n) is 8.43. The number of rotatable bonds is 11. The summed E-state index contributed by atoms with van der Waals surface area (Å²) in [6.07, 6.45) is 2.28. The number of carbonyl (C=O) groups is 3. The van der Waals surface area contributed by atoms with Crippen LogP contribution in [0.5, 0.6) is 0 Å². The number of carbonyl (C=O) groups excluding carboxylic acids is 2. The lowest BCUT2D eigenvalue weighted by Gasteiger charge is -2.35. The van der Waals surface area contributed by atoms with Crippen molar-refractivity contribution in [3.05, 3.63) is 129 Å². The second kappa shape index (κ2) is 14.8. The monoisotopic (exact) mass is 642 g/mol. The van der Waals surface area contributed by atoms with Gasteiger partial charge in [-0.2, -0.15) is 0 Å². The topological polar surface area (TPSA) is 86.7 Å². The van der Waals surface area contributed by atoms with E-state index in [9.17, 15) is 14.4 Å². The second-order valence-corrected chi connectivity index (χ2v) is 12.3. The first-order chi connectivity index (χ1) is 21.7. The third kappa shape index (κ3) is 7.94. The lowest BCUT2D eigenvalue weighted by Crippen LogP contribution is -2.40. The molecule has 0 spiro atoms. The number of benzene rings is 4. The Hall–Kier alpha value is -4.13. The van der Waals surface area contributed by atoms with E-state index < -0.39 is 11.9 Å². The number of carboxylic acids is 1. The molecule has 6 nitrogen and oxygen atoms in total. The van der Waals surface area contributed by atoms with E-state index >= 15 is 0 Å². The van der Waals surface area contributed by atoms with Crippen LogP contribution in [0, 0.1) is 0 Å². The van der Waals surface area contributed by atoms with Crippen LogP contribution in [-0.4, -0.2) is 40.9 Å². The Labute approximate surface area is 274 Å². The van der Waals surface area contributed by atoms with E-state index in [0.717, 1.165) is 47.1 Å². The third-order valence-corrected chi connectivity index (χ3v) is 8.93. The van der Waals surface area contributed by atoms with Gasteiger partial charge in [0.15, 0.2) is 0 Å². The van der Waals surface area contributed by atoms with Crippen molar-refractivity contribution in [1.82, 2.24) is 10.2 Å². The summed E-state index contributed by atoms with van der Waals surface area (Å²) in [5.74, 6) is -1.81. The number of nitrogens with one attached hydrogen (secondary N) is 1.